The number of rotatable bonds is 3. The molecule has 0 aromatic rings. The first-order valence-corrected chi connectivity index (χ1v) is 8.95. The zero-order valence-electron chi connectivity index (χ0n) is 13.6. The van der Waals surface area contributed by atoms with Gasteiger partial charge in [0.1, 0.15) is 0 Å². The number of likely N-dealkylation sites (tertiary alicyclic amines) is 2. The predicted molar refractivity (Wildman–Crippen MR) is 84.5 cm³/mol. The molecule has 4 aliphatic rings. The van der Waals surface area contributed by atoms with Gasteiger partial charge >= 0.3 is 0 Å². The quantitative estimate of drug-likeness (QED) is 0.776. The van der Waals surface area contributed by atoms with Gasteiger partial charge in [0.25, 0.3) is 0 Å². The smallest absolute Gasteiger partial charge is 0.0594 e. The molecule has 3 aliphatic heterocycles. The van der Waals surface area contributed by atoms with Crippen LogP contribution in [0.4, 0.5) is 0 Å². The van der Waals surface area contributed by atoms with Gasteiger partial charge in [-0.15, -0.1) is 0 Å². The van der Waals surface area contributed by atoms with Crippen LogP contribution in [0.3, 0.4) is 0 Å². The van der Waals surface area contributed by atoms with Gasteiger partial charge < -0.3 is 14.5 Å². The zero-order valence-corrected chi connectivity index (χ0v) is 13.6. The van der Waals surface area contributed by atoms with Gasteiger partial charge in [-0.3, -0.25) is 4.90 Å². The molecule has 1 aliphatic carbocycles. The fourth-order valence-electron chi connectivity index (χ4n) is 5.04. The van der Waals surface area contributed by atoms with Crippen molar-refractivity contribution in [1.82, 2.24) is 14.7 Å². The Morgan fingerprint density at radius 1 is 1.00 bits per heavy atom. The highest BCUT2D eigenvalue weighted by molar-refractivity contribution is 5.07. The summed E-state index contributed by atoms with van der Waals surface area (Å²) in [5.74, 6) is 0.966. The highest BCUT2D eigenvalue weighted by Crippen LogP contribution is 2.50. The van der Waals surface area contributed by atoms with E-state index in [1.54, 1.807) is 0 Å². The Balaban J connectivity index is 1.17. The first kappa shape index (κ1) is 14.4. The second kappa shape index (κ2) is 5.80. The maximum absolute atomic E-state index is 5.47. The minimum Gasteiger partial charge on any atom is -0.379 e. The van der Waals surface area contributed by atoms with E-state index in [1.807, 2.05) is 0 Å². The van der Waals surface area contributed by atoms with Crippen LogP contribution in [0, 0.1) is 11.3 Å². The molecule has 4 nitrogen and oxygen atoms in total. The van der Waals surface area contributed by atoms with E-state index in [9.17, 15) is 0 Å². The van der Waals surface area contributed by atoms with Crippen molar-refractivity contribution in [1.29, 1.82) is 0 Å². The predicted octanol–water partition coefficient (Wildman–Crippen LogP) is 1.12. The third-order valence-corrected chi connectivity index (χ3v) is 6.37. The standard InChI is InChI=1S/C17H31N3O/c1-18-4-2-15(3-5-18)12-19-13-17(14-19)10-16(11-17)20-6-8-21-9-7-20/h15-16H,2-14H2,1H3. The van der Waals surface area contributed by atoms with Crippen LogP contribution in [-0.2, 0) is 4.74 Å². The molecule has 0 aromatic heterocycles. The van der Waals surface area contributed by atoms with Crippen LogP contribution in [-0.4, -0.2) is 86.8 Å². The van der Waals surface area contributed by atoms with Crippen LogP contribution >= 0.6 is 0 Å². The minimum absolute atomic E-state index is 0.717. The summed E-state index contributed by atoms with van der Waals surface area (Å²) < 4.78 is 5.47. The molecular formula is C17H31N3O. The zero-order chi connectivity index (χ0) is 14.3. The van der Waals surface area contributed by atoms with E-state index in [4.69, 9.17) is 4.74 Å². The maximum Gasteiger partial charge on any atom is 0.0594 e. The van der Waals surface area contributed by atoms with E-state index in [0.29, 0.717) is 5.41 Å². The minimum atomic E-state index is 0.717. The lowest BCUT2D eigenvalue weighted by molar-refractivity contribution is -0.127. The number of hydrogen-bond donors (Lipinski definition) is 0. The van der Waals surface area contributed by atoms with Crippen LogP contribution in [0.1, 0.15) is 25.7 Å². The Bertz CT molecular complexity index is 347. The molecule has 4 rings (SSSR count). The molecule has 4 fully saturated rings. The molecule has 0 atom stereocenters. The van der Waals surface area contributed by atoms with E-state index in [2.05, 4.69) is 21.7 Å². The van der Waals surface area contributed by atoms with Gasteiger partial charge in [-0.25, -0.2) is 0 Å². The van der Waals surface area contributed by atoms with Crippen molar-refractivity contribution in [3.05, 3.63) is 0 Å². The molecule has 120 valence electrons. The largest absolute Gasteiger partial charge is 0.379 e. The summed E-state index contributed by atoms with van der Waals surface area (Å²) in [5, 5.41) is 0. The number of ether oxygens (including phenoxy) is 1. The first-order chi connectivity index (χ1) is 10.2. The molecular weight excluding hydrogens is 262 g/mol. The molecule has 0 bridgehead atoms. The van der Waals surface area contributed by atoms with Gasteiger partial charge in [-0.1, -0.05) is 0 Å². The average molecular weight is 293 g/mol. The molecule has 21 heavy (non-hydrogen) atoms. The molecule has 3 heterocycles. The third kappa shape index (κ3) is 3.00. The summed E-state index contributed by atoms with van der Waals surface area (Å²) in [7, 11) is 2.26. The maximum atomic E-state index is 5.47. The molecule has 3 saturated heterocycles. The molecule has 0 N–H and O–H groups in total. The number of hydrogen-bond acceptors (Lipinski definition) is 4. The molecule has 4 heteroatoms. The van der Waals surface area contributed by atoms with Crippen molar-refractivity contribution in [2.24, 2.45) is 11.3 Å². The van der Waals surface area contributed by atoms with E-state index in [0.717, 1.165) is 25.2 Å². The molecule has 1 saturated carbocycles. The van der Waals surface area contributed by atoms with Gasteiger partial charge in [0.15, 0.2) is 0 Å². The average Bonchev–Trinajstić information content (AvgIpc) is 2.43. The van der Waals surface area contributed by atoms with Gasteiger partial charge in [0.05, 0.1) is 13.2 Å². The monoisotopic (exact) mass is 293 g/mol. The first-order valence-electron chi connectivity index (χ1n) is 8.95. The highest BCUT2D eigenvalue weighted by Gasteiger charge is 2.53. The van der Waals surface area contributed by atoms with Gasteiger partial charge in [-0.2, -0.15) is 0 Å². The van der Waals surface area contributed by atoms with Crippen LogP contribution in [0.15, 0.2) is 0 Å². The fraction of sp³-hybridized carbons (Fsp3) is 1.00. The van der Waals surface area contributed by atoms with E-state index in [1.165, 1.54) is 71.5 Å². The Kier molecular flexibility index (Phi) is 3.99. The SMILES string of the molecule is CN1CCC(CN2CC3(CC(N4CCOCC4)C3)C2)CC1. The lowest BCUT2D eigenvalue weighted by atomic mass is 9.60. The van der Waals surface area contributed by atoms with Crippen molar-refractivity contribution in [3.8, 4) is 0 Å². The summed E-state index contributed by atoms with van der Waals surface area (Å²) in [6.45, 7) is 11.0. The summed E-state index contributed by atoms with van der Waals surface area (Å²) >= 11 is 0. The Labute approximate surface area is 129 Å². The second-order valence-electron chi connectivity index (χ2n) is 8.13. The van der Waals surface area contributed by atoms with Crippen molar-refractivity contribution in [2.45, 2.75) is 31.7 Å². The van der Waals surface area contributed by atoms with Crippen molar-refractivity contribution >= 4 is 0 Å². The third-order valence-electron chi connectivity index (χ3n) is 6.37. The summed E-state index contributed by atoms with van der Waals surface area (Å²) in [6, 6.07) is 0.874. The lowest BCUT2D eigenvalue weighted by Crippen LogP contribution is -2.67. The normalized spacial score (nSPS) is 33.0. The summed E-state index contributed by atoms with van der Waals surface area (Å²) in [6.07, 6.45) is 5.74. The van der Waals surface area contributed by atoms with Crippen LogP contribution < -0.4 is 0 Å². The summed E-state index contributed by atoms with van der Waals surface area (Å²) in [4.78, 5) is 7.90. The number of piperidine rings is 1. The Morgan fingerprint density at radius 3 is 2.33 bits per heavy atom. The highest BCUT2D eigenvalue weighted by atomic mass is 16.5. The van der Waals surface area contributed by atoms with Crippen LogP contribution in [0.5, 0.6) is 0 Å². The Hall–Kier alpha value is -0.160. The van der Waals surface area contributed by atoms with Crippen molar-refractivity contribution < 1.29 is 4.74 Å². The Morgan fingerprint density at radius 2 is 1.67 bits per heavy atom. The second-order valence-corrected chi connectivity index (χ2v) is 8.13. The molecule has 1 spiro atoms. The molecule has 0 aromatic carbocycles. The number of nitrogens with zero attached hydrogens (tertiary/aromatic N) is 3. The topological polar surface area (TPSA) is 19.0 Å². The molecule has 0 unspecified atom stereocenters. The van der Waals surface area contributed by atoms with Crippen LogP contribution in [0.25, 0.3) is 0 Å². The van der Waals surface area contributed by atoms with Gasteiger partial charge in [0, 0.05) is 38.8 Å². The van der Waals surface area contributed by atoms with E-state index < -0.39 is 0 Å². The lowest BCUT2D eigenvalue weighted by Gasteiger charge is -2.62. The number of morpholine rings is 1. The van der Waals surface area contributed by atoms with Crippen molar-refractivity contribution in [3.63, 3.8) is 0 Å². The van der Waals surface area contributed by atoms with E-state index in [-0.39, 0.29) is 0 Å². The van der Waals surface area contributed by atoms with Gasteiger partial charge in [-0.05, 0) is 57.2 Å². The van der Waals surface area contributed by atoms with Gasteiger partial charge in [0.2, 0.25) is 0 Å². The molecule has 0 radical (unpaired) electrons. The summed E-state index contributed by atoms with van der Waals surface area (Å²) in [5.41, 5.74) is 0.717. The van der Waals surface area contributed by atoms with E-state index >= 15 is 0 Å². The van der Waals surface area contributed by atoms with Crippen molar-refractivity contribution in [2.75, 3.05) is 66.1 Å². The van der Waals surface area contributed by atoms with Crippen LogP contribution in [0.2, 0.25) is 0 Å². The molecule has 0 amide bonds. The fourth-order valence-corrected chi connectivity index (χ4v) is 5.04.